The summed E-state index contributed by atoms with van der Waals surface area (Å²) in [6.45, 7) is 0. The summed E-state index contributed by atoms with van der Waals surface area (Å²) in [6.07, 6.45) is 5.76. The van der Waals surface area contributed by atoms with Gasteiger partial charge in [-0.05, 0) is 6.07 Å². The lowest BCUT2D eigenvalue weighted by atomic mass is 10.3. The van der Waals surface area contributed by atoms with Crippen molar-refractivity contribution in [2.24, 2.45) is 0 Å². The Bertz CT molecular complexity index is 394. The molecule has 14 heavy (non-hydrogen) atoms. The summed E-state index contributed by atoms with van der Waals surface area (Å²) in [6, 6.07) is 1.72. The van der Waals surface area contributed by atoms with Crippen molar-refractivity contribution in [3.63, 3.8) is 0 Å². The molecule has 1 heterocycles. The van der Waals surface area contributed by atoms with E-state index >= 15 is 0 Å². The van der Waals surface area contributed by atoms with Crippen LogP contribution < -0.4 is 0 Å². The molecule has 1 aromatic rings. The Hall–Kier alpha value is -0.770. The molecule has 0 spiro atoms. The van der Waals surface area contributed by atoms with Gasteiger partial charge in [0, 0.05) is 11.6 Å². The largest absolute Gasteiger partial charge is 0.478 e. The third kappa shape index (κ3) is 3.54. The van der Waals surface area contributed by atoms with Gasteiger partial charge in [-0.15, -0.1) is 11.3 Å². The van der Waals surface area contributed by atoms with E-state index < -0.39 is 5.97 Å². The van der Waals surface area contributed by atoms with Crippen molar-refractivity contribution in [3.8, 4) is 0 Å². The number of hydrogen-bond acceptors (Lipinski definition) is 2. The number of rotatable bonds is 3. The van der Waals surface area contributed by atoms with Crippen LogP contribution in [0.15, 0.2) is 24.3 Å². The lowest BCUT2D eigenvalue weighted by molar-refractivity contribution is -0.131. The summed E-state index contributed by atoms with van der Waals surface area (Å²) < 4.78 is 1.20. The van der Waals surface area contributed by atoms with Crippen molar-refractivity contribution in [1.82, 2.24) is 0 Å². The molecule has 0 unspecified atom stereocenters. The Morgan fingerprint density at radius 2 is 2.14 bits per heavy atom. The highest BCUT2D eigenvalue weighted by Crippen LogP contribution is 2.31. The van der Waals surface area contributed by atoms with Gasteiger partial charge in [0.15, 0.2) is 0 Å². The first kappa shape index (κ1) is 11.3. The Morgan fingerprint density at radius 1 is 1.43 bits per heavy atom. The molecule has 0 radical (unpaired) electrons. The number of thiophene rings is 1. The summed E-state index contributed by atoms with van der Waals surface area (Å²) in [7, 11) is 0. The first-order chi connectivity index (χ1) is 6.59. The van der Waals surface area contributed by atoms with Crippen LogP contribution in [-0.2, 0) is 4.79 Å². The van der Waals surface area contributed by atoms with E-state index in [1.807, 2.05) is 0 Å². The topological polar surface area (TPSA) is 37.3 Å². The molecule has 0 bridgehead atoms. The van der Waals surface area contributed by atoms with Crippen LogP contribution in [0.2, 0.25) is 8.67 Å². The molecule has 0 saturated heterocycles. The van der Waals surface area contributed by atoms with Gasteiger partial charge in [-0.1, -0.05) is 41.4 Å². The van der Waals surface area contributed by atoms with Crippen molar-refractivity contribution >= 4 is 46.6 Å². The third-order valence-electron chi connectivity index (χ3n) is 1.31. The van der Waals surface area contributed by atoms with Gasteiger partial charge in [0.1, 0.15) is 4.34 Å². The number of hydrogen-bond donors (Lipinski definition) is 1. The average molecular weight is 249 g/mol. The molecule has 0 aliphatic rings. The van der Waals surface area contributed by atoms with Gasteiger partial charge in [-0.3, -0.25) is 0 Å². The minimum absolute atomic E-state index is 0.593. The van der Waals surface area contributed by atoms with Gasteiger partial charge < -0.3 is 5.11 Å². The second kappa shape index (κ2) is 5.20. The van der Waals surface area contributed by atoms with Crippen LogP contribution >= 0.6 is 34.5 Å². The van der Waals surface area contributed by atoms with E-state index in [-0.39, 0.29) is 0 Å². The van der Waals surface area contributed by atoms with Crippen LogP contribution in [0.5, 0.6) is 0 Å². The van der Waals surface area contributed by atoms with Gasteiger partial charge in [0.25, 0.3) is 0 Å². The first-order valence-electron chi connectivity index (χ1n) is 3.62. The number of allylic oxidation sites excluding steroid dienone is 2. The summed E-state index contributed by atoms with van der Waals surface area (Å²) >= 11 is 12.8. The molecule has 74 valence electrons. The smallest absolute Gasteiger partial charge is 0.328 e. The normalized spacial score (nSPS) is 11.6. The maximum atomic E-state index is 10.1. The monoisotopic (exact) mass is 248 g/mol. The molecule has 0 aromatic carbocycles. The molecule has 1 rings (SSSR count). The van der Waals surface area contributed by atoms with Crippen molar-refractivity contribution in [2.75, 3.05) is 0 Å². The zero-order chi connectivity index (χ0) is 10.6. The molecule has 0 saturated carbocycles. The molecule has 5 heteroatoms. The van der Waals surface area contributed by atoms with Gasteiger partial charge >= 0.3 is 5.97 Å². The molecule has 2 nitrogen and oxygen atoms in total. The number of carboxylic acid groups (broad SMARTS) is 1. The molecular weight excluding hydrogens is 243 g/mol. The highest BCUT2D eigenvalue weighted by molar-refractivity contribution is 7.20. The summed E-state index contributed by atoms with van der Waals surface area (Å²) in [5, 5.41) is 8.30. The first-order valence-corrected chi connectivity index (χ1v) is 5.19. The van der Waals surface area contributed by atoms with Gasteiger partial charge in [-0.25, -0.2) is 4.79 Å². The van der Waals surface area contributed by atoms with E-state index in [9.17, 15) is 4.79 Å². The Kier molecular flexibility index (Phi) is 4.20. The average Bonchev–Trinajstić information content (AvgIpc) is 2.39. The summed E-state index contributed by atoms with van der Waals surface area (Å²) in [5.41, 5.74) is 0.789. The van der Waals surface area contributed by atoms with Crippen LogP contribution in [0.25, 0.3) is 6.08 Å². The van der Waals surface area contributed by atoms with E-state index in [2.05, 4.69) is 0 Å². The minimum Gasteiger partial charge on any atom is -0.478 e. The van der Waals surface area contributed by atoms with Crippen molar-refractivity contribution in [1.29, 1.82) is 0 Å². The minimum atomic E-state index is -0.982. The van der Waals surface area contributed by atoms with Gasteiger partial charge in [0.2, 0.25) is 0 Å². The van der Waals surface area contributed by atoms with E-state index in [1.165, 1.54) is 17.4 Å². The third-order valence-corrected chi connectivity index (χ3v) is 2.83. The second-order valence-electron chi connectivity index (χ2n) is 2.34. The standard InChI is InChI=1S/C9H6Cl2O2S/c10-7-5-6(9(11)14-7)3-1-2-4-8(12)13/h1-5H,(H,12,13)/b3-1+,4-2+. The van der Waals surface area contributed by atoms with Gasteiger partial charge in [0.05, 0.1) is 4.34 Å². The van der Waals surface area contributed by atoms with Crippen molar-refractivity contribution in [2.45, 2.75) is 0 Å². The predicted octanol–water partition coefficient (Wildman–Crippen LogP) is 3.71. The Labute approximate surface area is 95.1 Å². The van der Waals surface area contributed by atoms with Crippen LogP contribution in [0.3, 0.4) is 0 Å². The maximum absolute atomic E-state index is 10.1. The Morgan fingerprint density at radius 3 is 2.64 bits per heavy atom. The second-order valence-corrected chi connectivity index (χ2v) is 4.62. The number of carbonyl (C=O) groups is 1. The fourth-order valence-corrected chi connectivity index (χ4v) is 2.20. The SMILES string of the molecule is O=C(O)/C=C/C=C/c1cc(Cl)sc1Cl. The summed E-state index contributed by atoms with van der Waals surface area (Å²) in [4.78, 5) is 10.1. The van der Waals surface area contributed by atoms with Crippen LogP contribution in [-0.4, -0.2) is 11.1 Å². The zero-order valence-electron chi connectivity index (χ0n) is 6.91. The predicted molar refractivity (Wildman–Crippen MR) is 60.1 cm³/mol. The van der Waals surface area contributed by atoms with Crippen LogP contribution in [0.4, 0.5) is 0 Å². The van der Waals surface area contributed by atoms with Crippen molar-refractivity contribution < 1.29 is 9.90 Å². The van der Waals surface area contributed by atoms with E-state index in [0.717, 1.165) is 11.6 Å². The van der Waals surface area contributed by atoms with E-state index in [0.29, 0.717) is 8.67 Å². The van der Waals surface area contributed by atoms with Crippen molar-refractivity contribution in [3.05, 3.63) is 38.5 Å². The number of aliphatic carboxylic acids is 1. The highest BCUT2D eigenvalue weighted by atomic mass is 35.5. The highest BCUT2D eigenvalue weighted by Gasteiger charge is 2.00. The molecule has 0 fully saturated rings. The molecular formula is C9H6Cl2O2S. The fourth-order valence-electron chi connectivity index (χ4n) is 0.764. The lowest BCUT2D eigenvalue weighted by Crippen LogP contribution is -1.84. The summed E-state index contributed by atoms with van der Waals surface area (Å²) in [5.74, 6) is -0.982. The van der Waals surface area contributed by atoms with Gasteiger partial charge in [-0.2, -0.15) is 0 Å². The zero-order valence-corrected chi connectivity index (χ0v) is 9.23. The molecule has 0 atom stereocenters. The van der Waals surface area contributed by atoms with E-state index in [4.69, 9.17) is 28.3 Å². The molecule has 1 aromatic heterocycles. The molecule has 0 amide bonds. The Balaban J connectivity index is 2.69. The van der Waals surface area contributed by atoms with Crippen LogP contribution in [0, 0.1) is 0 Å². The maximum Gasteiger partial charge on any atom is 0.328 e. The van der Waals surface area contributed by atoms with E-state index in [1.54, 1.807) is 18.2 Å². The quantitative estimate of drug-likeness (QED) is 0.654. The fraction of sp³-hybridized carbons (Fsp3) is 0. The lowest BCUT2D eigenvalue weighted by Gasteiger charge is -1.83. The van der Waals surface area contributed by atoms with Crippen LogP contribution in [0.1, 0.15) is 5.56 Å². The molecule has 0 aliphatic carbocycles. The molecule has 1 N–H and O–H groups in total. The number of halogens is 2. The number of carboxylic acids is 1. The molecule has 0 aliphatic heterocycles.